The Bertz CT molecular complexity index is 436. The van der Waals surface area contributed by atoms with Crippen LogP contribution in [0.25, 0.3) is 0 Å². The summed E-state index contributed by atoms with van der Waals surface area (Å²) in [5, 5.41) is 2.44. The SMILES string of the molecule is O=C1CN(Cc2cncc(F)c2)C(=O)CN1. The second kappa shape index (κ2) is 4.26. The van der Waals surface area contributed by atoms with Crippen LogP contribution in [-0.4, -0.2) is 34.8 Å². The largest absolute Gasteiger partial charge is 0.345 e. The Balaban J connectivity index is 2.08. The van der Waals surface area contributed by atoms with Crippen LogP contribution in [0.2, 0.25) is 0 Å². The lowest BCUT2D eigenvalue weighted by Gasteiger charge is -2.26. The van der Waals surface area contributed by atoms with E-state index < -0.39 is 5.82 Å². The molecule has 2 amide bonds. The van der Waals surface area contributed by atoms with Crippen LogP contribution in [0.5, 0.6) is 0 Å². The minimum absolute atomic E-state index is 0.00157. The molecular formula is C10H10FN3O2. The van der Waals surface area contributed by atoms with Crippen LogP contribution >= 0.6 is 0 Å². The van der Waals surface area contributed by atoms with Gasteiger partial charge in [-0.3, -0.25) is 14.6 Å². The van der Waals surface area contributed by atoms with E-state index in [0.717, 1.165) is 6.20 Å². The molecule has 6 heteroatoms. The van der Waals surface area contributed by atoms with Crippen molar-refractivity contribution in [1.82, 2.24) is 15.2 Å². The monoisotopic (exact) mass is 223 g/mol. The van der Waals surface area contributed by atoms with Crippen LogP contribution in [-0.2, 0) is 16.1 Å². The molecule has 0 bridgehead atoms. The van der Waals surface area contributed by atoms with Gasteiger partial charge in [-0.15, -0.1) is 0 Å². The van der Waals surface area contributed by atoms with Crippen molar-refractivity contribution in [2.24, 2.45) is 0 Å². The molecule has 1 aromatic heterocycles. The highest BCUT2D eigenvalue weighted by atomic mass is 19.1. The van der Waals surface area contributed by atoms with Gasteiger partial charge < -0.3 is 10.2 Å². The lowest BCUT2D eigenvalue weighted by Crippen LogP contribution is -2.51. The van der Waals surface area contributed by atoms with Crippen LogP contribution in [0.1, 0.15) is 5.56 Å². The number of pyridine rings is 1. The fraction of sp³-hybridized carbons (Fsp3) is 0.300. The van der Waals surface area contributed by atoms with Gasteiger partial charge >= 0.3 is 0 Å². The molecule has 2 heterocycles. The molecule has 2 rings (SSSR count). The van der Waals surface area contributed by atoms with Gasteiger partial charge in [0.1, 0.15) is 5.82 Å². The molecule has 0 atom stereocenters. The summed E-state index contributed by atoms with van der Waals surface area (Å²) in [6.45, 7) is 0.216. The third kappa shape index (κ3) is 2.33. The molecule has 1 saturated heterocycles. The summed E-state index contributed by atoms with van der Waals surface area (Å²) >= 11 is 0. The molecule has 0 saturated carbocycles. The molecule has 0 radical (unpaired) electrons. The first-order valence-electron chi connectivity index (χ1n) is 4.79. The molecule has 84 valence electrons. The van der Waals surface area contributed by atoms with Crippen LogP contribution in [0.4, 0.5) is 4.39 Å². The zero-order valence-electron chi connectivity index (χ0n) is 8.44. The van der Waals surface area contributed by atoms with Gasteiger partial charge in [0.05, 0.1) is 19.3 Å². The molecule has 0 unspecified atom stereocenters. The maximum Gasteiger partial charge on any atom is 0.242 e. The number of hydrogen-bond acceptors (Lipinski definition) is 3. The summed E-state index contributed by atoms with van der Waals surface area (Å²) in [5.74, 6) is -0.834. The highest BCUT2D eigenvalue weighted by Gasteiger charge is 2.22. The number of amides is 2. The summed E-state index contributed by atoms with van der Waals surface area (Å²) in [4.78, 5) is 27.6. The van der Waals surface area contributed by atoms with Gasteiger partial charge in [-0.05, 0) is 11.6 Å². The summed E-state index contributed by atoms with van der Waals surface area (Å²) in [5.41, 5.74) is 0.572. The fourth-order valence-corrected chi connectivity index (χ4v) is 1.51. The summed E-state index contributed by atoms with van der Waals surface area (Å²) in [6, 6.07) is 1.30. The van der Waals surface area contributed by atoms with E-state index in [0.29, 0.717) is 5.56 Å². The van der Waals surface area contributed by atoms with Crippen molar-refractivity contribution < 1.29 is 14.0 Å². The fourth-order valence-electron chi connectivity index (χ4n) is 1.51. The average molecular weight is 223 g/mol. The number of halogens is 1. The molecule has 1 aromatic rings. The van der Waals surface area contributed by atoms with Crippen molar-refractivity contribution in [3.63, 3.8) is 0 Å². The van der Waals surface area contributed by atoms with Gasteiger partial charge in [0.2, 0.25) is 11.8 Å². The van der Waals surface area contributed by atoms with E-state index in [1.165, 1.54) is 17.2 Å². The third-order valence-corrected chi connectivity index (χ3v) is 2.26. The first-order valence-corrected chi connectivity index (χ1v) is 4.79. The van der Waals surface area contributed by atoms with Crippen LogP contribution in [0, 0.1) is 5.82 Å². The predicted molar refractivity (Wildman–Crippen MR) is 52.6 cm³/mol. The topological polar surface area (TPSA) is 62.3 Å². The van der Waals surface area contributed by atoms with E-state index in [1.54, 1.807) is 0 Å². The molecule has 1 aliphatic heterocycles. The standard InChI is InChI=1S/C10H10FN3O2/c11-8-1-7(2-12-3-8)5-14-6-9(15)13-4-10(14)16/h1-3H,4-6H2,(H,13,15). The molecule has 0 spiro atoms. The van der Waals surface area contributed by atoms with E-state index in [9.17, 15) is 14.0 Å². The Morgan fingerprint density at radius 1 is 1.44 bits per heavy atom. The van der Waals surface area contributed by atoms with E-state index >= 15 is 0 Å². The van der Waals surface area contributed by atoms with E-state index in [-0.39, 0.29) is 31.4 Å². The second-order valence-electron chi connectivity index (χ2n) is 3.54. The highest BCUT2D eigenvalue weighted by Crippen LogP contribution is 2.07. The number of aromatic nitrogens is 1. The number of rotatable bonds is 2. The maximum atomic E-state index is 12.8. The number of carbonyl (C=O) groups is 2. The second-order valence-corrected chi connectivity index (χ2v) is 3.54. The van der Waals surface area contributed by atoms with Crippen molar-refractivity contribution in [3.05, 3.63) is 29.8 Å². The number of nitrogens with one attached hydrogen (secondary N) is 1. The van der Waals surface area contributed by atoms with Crippen LogP contribution in [0.15, 0.2) is 18.5 Å². The molecule has 5 nitrogen and oxygen atoms in total. The zero-order chi connectivity index (χ0) is 11.5. The smallest absolute Gasteiger partial charge is 0.242 e. The quantitative estimate of drug-likeness (QED) is 0.747. The van der Waals surface area contributed by atoms with Crippen molar-refractivity contribution in [1.29, 1.82) is 0 Å². The van der Waals surface area contributed by atoms with Gasteiger partial charge in [0.15, 0.2) is 0 Å². The lowest BCUT2D eigenvalue weighted by molar-refractivity contribution is -0.141. The minimum atomic E-state index is -0.452. The van der Waals surface area contributed by atoms with Crippen molar-refractivity contribution in [2.75, 3.05) is 13.1 Å². The molecule has 1 aliphatic rings. The van der Waals surface area contributed by atoms with Gasteiger partial charge in [0.25, 0.3) is 0 Å². The normalized spacial score (nSPS) is 16.2. The maximum absolute atomic E-state index is 12.8. The van der Waals surface area contributed by atoms with Gasteiger partial charge in [-0.2, -0.15) is 0 Å². The predicted octanol–water partition coefficient (Wildman–Crippen LogP) is -0.321. The average Bonchev–Trinajstić information content (AvgIpc) is 2.24. The van der Waals surface area contributed by atoms with Crippen LogP contribution in [0.3, 0.4) is 0 Å². The number of piperazine rings is 1. The Hall–Kier alpha value is -1.98. The van der Waals surface area contributed by atoms with E-state index in [1.807, 2.05) is 0 Å². The van der Waals surface area contributed by atoms with Crippen LogP contribution < -0.4 is 5.32 Å². The van der Waals surface area contributed by atoms with Crippen molar-refractivity contribution in [3.8, 4) is 0 Å². The van der Waals surface area contributed by atoms with Crippen molar-refractivity contribution in [2.45, 2.75) is 6.54 Å². The van der Waals surface area contributed by atoms with Gasteiger partial charge in [0, 0.05) is 12.7 Å². The molecule has 1 fully saturated rings. The lowest BCUT2D eigenvalue weighted by atomic mass is 10.2. The Kier molecular flexibility index (Phi) is 2.80. The molecule has 16 heavy (non-hydrogen) atoms. The highest BCUT2D eigenvalue weighted by molar-refractivity contribution is 5.92. The summed E-state index contributed by atoms with van der Waals surface area (Å²) < 4.78 is 12.8. The van der Waals surface area contributed by atoms with Gasteiger partial charge in [-0.1, -0.05) is 0 Å². The minimum Gasteiger partial charge on any atom is -0.345 e. The zero-order valence-corrected chi connectivity index (χ0v) is 8.44. The number of nitrogens with zero attached hydrogens (tertiary/aromatic N) is 2. The first kappa shape index (κ1) is 10.5. The van der Waals surface area contributed by atoms with E-state index in [4.69, 9.17) is 0 Å². The molecule has 1 N–H and O–H groups in total. The molecule has 0 aromatic carbocycles. The Labute approximate surface area is 91.3 Å². The Morgan fingerprint density at radius 2 is 2.25 bits per heavy atom. The van der Waals surface area contributed by atoms with Crippen molar-refractivity contribution >= 4 is 11.8 Å². The molecular weight excluding hydrogens is 213 g/mol. The Morgan fingerprint density at radius 3 is 3.00 bits per heavy atom. The van der Waals surface area contributed by atoms with Gasteiger partial charge in [-0.25, -0.2) is 4.39 Å². The van der Waals surface area contributed by atoms with E-state index in [2.05, 4.69) is 10.3 Å². The number of hydrogen-bond donors (Lipinski definition) is 1. The summed E-state index contributed by atoms with van der Waals surface area (Å²) in [6.07, 6.45) is 2.57. The number of carbonyl (C=O) groups excluding carboxylic acids is 2. The summed E-state index contributed by atoms with van der Waals surface area (Å²) in [7, 11) is 0. The molecule has 0 aliphatic carbocycles. The third-order valence-electron chi connectivity index (χ3n) is 2.26. The first-order chi connectivity index (χ1) is 7.65.